The summed E-state index contributed by atoms with van der Waals surface area (Å²) in [6.45, 7) is 2.57. The first-order valence-corrected chi connectivity index (χ1v) is 13.1. The summed E-state index contributed by atoms with van der Waals surface area (Å²) in [6.07, 6.45) is 7.09. The molecule has 10 nitrogen and oxygen atoms in total. The van der Waals surface area contributed by atoms with Gasteiger partial charge in [-0.05, 0) is 35.9 Å². The fourth-order valence-corrected chi connectivity index (χ4v) is 4.60. The Morgan fingerprint density at radius 3 is 2.48 bits per heavy atom. The third-order valence-electron chi connectivity index (χ3n) is 6.74. The first-order chi connectivity index (χ1) is 19.6. The molecule has 40 heavy (non-hydrogen) atoms. The van der Waals surface area contributed by atoms with Crippen molar-refractivity contribution in [2.75, 3.05) is 24.6 Å². The van der Waals surface area contributed by atoms with E-state index in [1.54, 1.807) is 35.4 Å². The van der Waals surface area contributed by atoms with Gasteiger partial charge >= 0.3 is 0 Å². The Bertz CT molecular complexity index is 1620. The molecule has 0 saturated carbocycles. The highest BCUT2D eigenvalue weighted by Crippen LogP contribution is 2.22. The topological polar surface area (TPSA) is 100 Å². The maximum absolute atomic E-state index is 12.7. The summed E-state index contributed by atoms with van der Waals surface area (Å²) in [6, 6.07) is 21.0. The molecule has 1 aliphatic rings. The highest BCUT2D eigenvalue weighted by atomic mass is 16.5. The molecule has 0 radical (unpaired) electrons. The predicted molar refractivity (Wildman–Crippen MR) is 151 cm³/mol. The lowest BCUT2D eigenvalue weighted by molar-refractivity contribution is 0.0260. The van der Waals surface area contributed by atoms with Crippen LogP contribution in [0.5, 0.6) is 5.75 Å². The van der Waals surface area contributed by atoms with Gasteiger partial charge in [-0.25, -0.2) is 14.6 Å². The molecule has 4 heterocycles. The number of benzene rings is 2. The van der Waals surface area contributed by atoms with Gasteiger partial charge in [0.2, 0.25) is 5.95 Å². The van der Waals surface area contributed by atoms with E-state index in [4.69, 9.17) is 9.47 Å². The number of hydrogen-bond donors (Lipinski definition) is 0. The number of hydrogen-bond acceptors (Lipinski definition) is 8. The largest absolute Gasteiger partial charge is 0.489 e. The van der Waals surface area contributed by atoms with Crippen LogP contribution in [0.15, 0.2) is 96.3 Å². The SMILES string of the molecule is Cn1cc(-c2cnc(N3CCO[C@H](Cn4nc(-c5ccc(OCc6ccccc6)cc5)ccc4=O)C3)nc2)cn1. The van der Waals surface area contributed by atoms with Crippen LogP contribution in [0.4, 0.5) is 5.95 Å². The van der Waals surface area contributed by atoms with Crippen molar-refractivity contribution in [1.29, 1.82) is 0 Å². The summed E-state index contributed by atoms with van der Waals surface area (Å²) in [5, 5.41) is 8.83. The summed E-state index contributed by atoms with van der Waals surface area (Å²) >= 11 is 0. The van der Waals surface area contributed by atoms with Crippen LogP contribution in [-0.4, -0.2) is 55.3 Å². The van der Waals surface area contributed by atoms with Crippen molar-refractivity contribution < 1.29 is 9.47 Å². The molecule has 1 fully saturated rings. The lowest BCUT2D eigenvalue weighted by Crippen LogP contribution is -2.46. The van der Waals surface area contributed by atoms with Gasteiger partial charge in [-0.15, -0.1) is 0 Å². The van der Waals surface area contributed by atoms with Gasteiger partial charge in [0.15, 0.2) is 0 Å². The van der Waals surface area contributed by atoms with Gasteiger partial charge in [0.25, 0.3) is 5.56 Å². The highest BCUT2D eigenvalue weighted by molar-refractivity contribution is 5.60. The van der Waals surface area contributed by atoms with E-state index in [2.05, 4.69) is 25.1 Å². The minimum absolute atomic E-state index is 0.177. The fourth-order valence-electron chi connectivity index (χ4n) is 4.60. The van der Waals surface area contributed by atoms with E-state index >= 15 is 0 Å². The smallest absolute Gasteiger partial charge is 0.266 e. The fraction of sp³-hybridized carbons (Fsp3) is 0.233. The maximum atomic E-state index is 12.7. The Labute approximate surface area is 231 Å². The molecule has 1 atom stereocenters. The molecular formula is C30H29N7O3. The molecule has 0 N–H and O–H groups in total. The van der Waals surface area contributed by atoms with Crippen molar-refractivity contribution in [3.05, 3.63) is 107 Å². The number of rotatable bonds is 8. The van der Waals surface area contributed by atoms with Gasteiger partial charge in [0.1, 0.15) is 12.4 Å². The van der Waals surface area contributed by atoms with Crippen LogP contribution in [0.1, 0.15) is 5.56 Å². The van der Waals surface area contributed by atoms with Crippen LogP contribution >= 0.6 is 0 Å². The van der Waals surface area contributed by atoms with E-state index in [-0.39, 0.29) is 11.7 Å². The van der Waals surface area contributed by atoms with E-state index in [0.29, 0.717) is 44.5 Å². The van der Waals surface area contributed by atoms with E-state index in [1.165, 1.54) is 4.68 Å². The van der Waals surface area contributed by atoms with E-state index in [0.717, 1.165) is 28.0 Å². The van der Waals surface area contributed by atoms with Crippen LogP contribution in [0.3, 0.4) is 0 Å². The molecule has 1 saturated heterocycles. The first-order valence-electron chi connectivity index (χ1n) is 13.1. The molecule has 0 spiro atoms. The zero-order valence-corrected chi connectivity index (χ0v) is 22.1. The second kappa shape index (κ2) is 11.5. The number of aryl methyl sites for hydroxylation is 1. The van der Waals surface area contributed by atoms with Crippen molar-refractivity contribution >= 4 is 5.95 Å². The summed E-state index contributed by atoms with van der Waals surface area (Å²) in [5.41, 5.74) is 4.41. The molecule has 10 heteroatoms. The summed E-state index contributed by atoms with van der Waals surface area (Å²) in [4.78, 5) is 23.9. The average Bonchev–Trinajstić information content (AvgIpc) is 3.44. The maximum Gasteiger partial charge on any atom is 0.266 e. The lowest BCUT2D eigenvalue weighted by atomic mass is 10.1. The average molecular weight is 536 g/mol. The lowest BCUT2D eigenvalue weighted by Gasteiger charge is -2.33. The summed E-state index contributed by atoms with van der Waals surface area (Å²) in [7, 11) is 1.88. The number of morpholine rings is 1. The Morgan fingerprint density at radius 2 is 1.73 bits per heavy atom. The predicted octanol–water partition coefficient (Wildman–Crippen LogP) is 3.59. The number of ether oxygens (including phenoxy) is 2. The quantitative estimate of drug-likeness (QED) is 0.297. The second-order valence-corrected chi connectivity index (χ2v) is 9.65. The molecule has 3 aromatic heterocycles. The molecule has 1 aliphatic heterocycles. The van der Waals surface area contributed by atoms with Gasteiger partial charge in [-0.1, -0.05) is 30.3 Å². The molecule has 0 unspecified atom stereocenters. The minimum atomic E-state index is -0.232. The molecule has 0 amide bonds. The van der Waals surface area contributed by atoms with E-state index in [1.807, 2.05) is 67.8 Å². The molecule has 0 aliphatic carbocycles. The van der Waals surface area contributed by atoms with Crippen LogP contribution in [0, 0.1) is 0 Å². The van der Waals surface area contributed by atoms with Crippen LogP contribution < -0.4 is 15.2 Å². The summed E-state index contributed by atoms with van der Waals surface area (Å²) in [5.74, 6) is 1.40. The van der Waals surface area contributed by atoms with Crippen molar-refractivity contribution in [2.45, 2.75) is 19.3 Å². The summed E-state index contributed by atoms with van der Waals surface area (Å²) < 4.78 is 15.1. The molecule has 2 aromatic carbocycles. The number of anilines is 1. The van der Waals surface area contributed by atoms with E-state index in [9.17, 15) is 4.79 Å². The third kappa shape index (κ3) is 5.92. The highest BCUT2D eigenvalue weighted by Gasteiger charge is 2.24. The monoisotopic (exact) mass is 535 g/mol. The van der Waals surface area contributed by atoms with Gasteiger partial charge in [-0.2, -0.15) is 10.2 Å². The molecular weight excluding hydrogens is 506 g/mol. The van der Waals surface area contributed by atoms with Crippen molar-refractivity contribution in [2.24, 2.45) is 7.05 Å². The Hall–Kier alpha value is -4.83. The zero-order chi connectivity index (χ0) is 27.3. The molecule has 5 aromatic rings. The normalized spacial score (nSPS) is 15.2. The van der Waals surface area contributed by atoms with Gasteiger partial charge < -0.3 is 14.4 Å². The Kier molecular flexibility index (Phi) is 7.32. The molecule has 202 valence electrons. The van der Waals surface area contributed by atoms with Crippen molar-refractivity contribution in [1.82, 2.24) is 29.5 Å². The van der Waals surface area contributed by atoms with Gasteiger partial charge in [0, 0.05) is 61.5 Å². The van der Waals surface area contributed by atoms with Crippen molar-refractivity contribution in [3.8, 4) is 28.1 Å². The van der Waals surface area contributed by atoms with Gasteiger partial charge in [0.05, 0.1) is 31.1 Å². The zero-order valence-electron chi connectivity index (χ0n) is 22.1. The minimum Gasteiger partial charge on any atom is -0.489 e. The molecule has 6 rings (SSSR count). The van der Waals surface area contributed by atoms with Gasteiger partial charge in [-0.3, -0.25) is 9.48 Å². The number of nitrogens with zero attached hydrogens (tertiary/aromatic N) is 7. The Balaban J connectivity index is 1.10. The van der Waals surface area contributed by atoms with Crippen LogP contribution in [0.25, 0.3) is 22.4 Å². The van der Waals surface area contributed by atoms with Crippen molar-refractivity contribution in [3.63, 3.8) is 0 Å². The Morgan fingerprint density at radius 1 is 0.925 bits per heavy atom. The second-order valence-electron chi connectivity index (χ2n) is 9.65. The van der Waals surface area contributed by atoms with Crippen LogP contribution in [0.2, 0.25) is 0 Å². The van der Waals surface area contributed by atoms with Crippen LogP contribution in [-0.2, 0) is 24.9 Å². The standard InChI is InChI=1S/C30H29N7O3/c1-35-18-25(17-33-35)24-15-31-30(32-16-24)36-13-14-39-27(19-36)20-37-29(38)12-11-28(34-37)23-7-9-26(10-8-23)40-21-22-5-3-2-4-6-22/h2-12,15-18,27H,13-14,19-21H2,1H3/t27-/m0/s1. The molecule has 0 bridgehead atoms. The number of aromatic nitrogens is 6. The third-order valence-corrected chi connectivity index (χ3v) is 6.74. The first kappa shape index (κ1) is 25.4. The van der Waals surface area contributed by atoms with E-state index < -0.39 is 0 Å².